The molecule has 4 heteroatoms. The summed E-state index contributed by atoms with van der Waals surface area (Å²) in [6.07, 6.45) is 9.18. The summed E-state index contributed by atoms with van der Waals surface area (Å²) < 4.78 is 17.4. The van der Waals surface area contributed by atoms with Crippen LogP contribution in [0.3, 0.4) is 0 Å². The maximum Gasteiger partial charge on any atom is 0.168 e. The van der Waals surface area contributed by atoms with Crippen LogP contribution < -0.4 is 0 Å². The standard InChI is InChI=1S/C21H30O4/c22-16-20-10-11-21(24-13-14-25-21)15-19(20)9-5-2-6-12-23-17-18-7-3-1-4-8-18/h1-4,6-8,19-20,22H,5,9-17H2/b6-2-/t19-,20+/m0/s1. The van der Waals surface area contributed by atoms with Crippen molar-refractivity contribution in [1.29, 1.82) is 0 Å². The van der Waals surface area contributed by atoms with Crippen LogP contribution in [0.25, 0.3) is 0 Å². The molecule has 2 atom stereocenters. The number of ether oxygens (including phenoxy) is 3. The number of aliphatic hydroxyl groups excluding tert-OH is 1. The Labute approximate surface area is 150 Å². The average molecular weight is 346 g/mol. The summed E-state index contributed by atoms with van der Waals surface area (Å²) in [7, 11) is 0. The van der Waals surface area contributed by atoms with Crippen molar-refractivity contribution in [2.75, 3.05) is 26.4 Å². The van der Waals surface area contributed by atoms with E-state index >= 15 is 0 Å². The van der Waals surface area contributed by atoms with E-state index in [1.54, 1.807) is 0 Å². The summed E-state index contributed by atoms with van der Waals surface area (Å²) >= 11 is 0. The zero-order valence-corrected chi connectivity index (χ0v) is 14.9. The first kappa shape index (κ1) is 18.6. The summed E-state index contributed by atoms with van der Waals surface area (Å²) in [6, 6.07) is 10.2. The lowest BCUT2D eigenvalue weighted by Gasteiger charge is -2.40. The largest absolute Gasteiger partial charge is 0.396 e. The zero-order valence-electron chi connectivity index (χ0n) is 14.9. The van der Waals surface area contributed by atoms with Crippen molar-refractivity contribution in [3.05, 3.63) is 48.0 Å². The normalized spacial score (nSPS) is 25.8. The summed E-state index contributed by atoms with van der Waals surface area (Å²) in [5, 5.41) is 9.65. The van der Waals surface area contributed by atoms with Gasteiger partial charge in [0.1, 0.15) is 0 Å². The van der Waals surface area contributed by atoms with Crippen LogP contribution in [0.2, 0.25) is 0 Å². The van der Waals surface area contributed by atoms with Crippen LogP contribution in [0.15, 0.2) is 42.5 Å². The molecule has 138 valence electrons. The van der Waals surface area contributed by atoms with Gasteiger partial charge in [-0.1, -0.05) is 42.5 Å². The Morgan fingerprint density at radius 2 is 1.92 bits per heavy atom. The lowest BCUT2D eigenvalue weighted by molar-refractivity contribution is -0.197. The maximum absolute atomic E-state index is 9.65. The van der Waals surface area contributed by atoms with Crippen LogP contribution >= 0.6 is 0 Å². The second-order valence-electron chi connectivity index (χ2n) is 7.10. The third kappa shape index (κ3) is 5.38. The molecule has 4 nitrogen and oxygen atoms in total. The number of hydrogen-bond donors (Lipinski definition) is 1. The minimum absolute atomic E-state index is 0.268. The molecule has 1 saturated heterocycles. The number of rotatable bonds is 8. The summed E-state index contributed by atoms with van der Waals surface area (Å²) in [4.78, 5) is 0. The third-order valence-electron chi connectivity index (χ3n) is 5.38. The Hall–Kier alpha value is -1.20. The molecule has 1 aromatic carbocycles. The molecular weight excluding hydrogens is 316 g/mol. The number of benzene rings is 1. The van der Waals surface area contributed by atoms with E-state index in [1.165, 1.54) is 5.56 Å². The fourth-order valence-electron chi connectivity index (χ4n) is 3.96. The number of hydrogen-bond acceptors (Lipinski definition) is 4. The van der Waals surface area contributed by atoms with Crippen molar-refractivity contribution in [1.82, 2.24) is 0 Å². The van der Waals surface area contributed by atoms with Gasteiger partial charge in [0.25, 0.3) is 0 Å². The highest BCUT2D eigenvalue weighted by molar-refractivity contribution is 5.13. The molecule has 1 saturated carbocycles. The van der Waals surface area contributed by atoms with E-state index in [0.29, 0.717) is 38.3 Å². The quantitative estimate of drug-likeness (QED) is 0.576. The van der Waals surface area contributed by atoms with E-state index in [1.807, 2.05) is 18.2 Å². The maximum atomic E-state index is 9.65. The van der Waals surface area contributed by atoms with E-state index in [9.17, 15) is 5.11 Å². The van der Waals surface area contributed by atoms with Gasteiger partial charge < -0.3 is 19.3 Å². The molecule has 1 aliphatic heterocycles. The van der Waals surface area contributed by atoms with Crippen LogP contribution in [0.4, 0.5) is 0 Å². The molecule has 1 aromatic rings. The molecule has 0 aromatic heterocycles. The van der Waals surface area contributed by atoms with Gasteiger partial charge in [0, 0.05) is 19.4 Å². The monoisotopic (exact) mass is 346 g/mol. The van der Waals surface area contributed by atoms with E-state index in [4.69, 9.17) is 14.2 Å². The first-order valence-corrected chi connectivity index (χ1v) is 9.47. The Kier molecular flexibility index (Phi) is 7.05. The Morgan fingerprint density at radius 1 is 1.12 bits per heavy atom. The lowest BCUT2D eigenvalue weighted by Crippen LogP contribution is -2.41. The molecule has 2 fully saturated rings. The highest BCUT2D eigenvalue weighted by Crippen LogP contribution is 2.43. The van der Waals surface area contributed by atoms with Crippen molar-refractivity contribution in [2.45, 2.75) is 44.5 Å². The van der Waals surface area contributed by atoms with E-state index < -0.39 is 0 Å². The van der Waals surface area contributed by atoms with Crippen LogP contribution in [0.1, 0.15) is 37.7 Å². The molecule has 1 heterocycles. The van der Waals surface area contributed by atoms with Crippen LogP contribution in [-0.4, -0.2) is 37.3 Å². The van der Waals surface area contributed by atoms with Gasteiger partial charge in [-0.05, 0) is 36.7 Å². The molecule has 0 radical (unpaired) electrons. The minimum atomic E-state index is -0.362. The Morgan fingerprint density at radius 3 is 2.68 bits per heavy atom. The van der Waals surface area contributed by atoms with Gasteiger partial charge in [0.2, 0.25) is 0 Å². The zero-order chi connectivity index (χ0) is 17.4. The molecule has 2 aliphatic rings. The molecular formula is C21H30O4. The average Bonchev–Trinajstić information content (AvgIpc) is 3.10. The van der Waals surface area contributed by atoms with Gasteiger partial charge in [0.05, 0.1) is 26.4 Å². The highest BCUT2D eigenvalue weighted by Gasteiger charge is 2.44. The molecule has 25 heavy (non-hydrogen) atoms. The molecule has 1 N–H and O–H groups in total. The Bertz CT molecular complexity index is 522. The van der Waals surface area contributed by atoms with E-state index in [0.717, 1.165) is 32.1 Å². The number of allylic oxidation sites excluding steroid dienone is 1. The smallest absolute Gasteiger partial charge is 0.168 e. The van der Waals surface area contributed by atoms with Crippen LogP contribution in [0, 0.1) is 11.8 Å². The van der Waals surface area contributed by atoms with Gasteiger partial charge in [0.15, 0.2) is 5.79 Å². The van der Waals surface area contributed by atoms with Crippen LogP contribution in [-0.2, 0) is 20.8 Å². The van der Waals surface area contributed by atoms with Crippen molar-refractivity contribution < 1.29 is 19.3 Å². The highest BCUT2D eigenvalue weighted by atomic mass is 16.7. The summed E-state index contributed by atoms with van der Waals surface area (Å²) in [5.74, 6) is 0.478. The second-order valence-corrected chi connectivity index (χ2v) is 7.10. The summed E-state index contributed by atoms with van der Waals surface area (Å²) in [6.45, 7) is 2.96. The van der Waals surface area contributed by atoms with Gasteiger partial charge in [-0.15, -0.1) is 0 Å². The van der Waals surface area contributed by atoms with Gasteiger partial charge in [-0.2, -0.15) is 0 Å². The van der Waals surface area contributed by atoms with E-state index in [-0.39, 0.29) is 12.4 Å². The molecule has 1 aliphatic carbocycles. The fourth-order valence-corrected chi connectivity index (χ4v) is 3.96. The molecule has 0 bridgehead atoms. The van der Waals surface area contributed by atoms with Gasteiger partial charge in [-0.25, -0.2) is 0 Å². The topological polar surface area (TPSA) is 47.9 Å². The van der Waals surface area contributed by atoms with Gasteiger partial charge >= 0.3 is 0 Å². The SMILES string of the molecule is OC[C@H]1CCC2(C[C@@H]1CC/C=C\COCc1ccccc1)OCCO2. The molecule has 3 rings (SSSR count). The van der Waals surface area contributed by atoms with Crippen molar-refractivity contribution in [3.63, 3.8) is 0 Å². The lowest BCUT2D eigenvalue weighted by atomic mass is 9.74. The predicted octanol–water partition coefficient (Wildman–Crippen LogP) is 3.69. The summed E-state index contributed by atoms with van der Waals surface area (Å²) in [5.41, 5.74) is 1.20. The van der Waals surface area contributed by atoms with Gasteiger partial charge in [-0.3, -0.25) is 0 Å². The van der Waals surface area contributed by atoms with E-state index in [2.05, 4.69) is 24.3 Å². The third-order valence-corrected chi connectivity index (χ3v) is 5.38. The minimum Gasteiger partial charge on any atom is -0.396 e. The fraction of sp³-hybridized carbons (Fsp3) is 0.619. The Balaban J connectivity index is 1.36. The predicted molar refractivity (Wildman–Crippen MR) is 97.0 cm³/mol. The van der Waals surface area contributed by atoms with Crippen molar-refractivity contribution in [2.24, 2.45) is 11.8 Å². The first-order chi connectivity index (χ1) is 12.3. The molecule has 1 spiro atoms. The molecule has 0 amide bonds. The molecule has 0 unspecified atom stereocenters. The number of aliphatic hydroxyl groups is 1. The van der Waals surface area contributed by atoms with Crippen molar-refractivity contribution >= 4 is 0 Å². The second kappa shape index (κ2) is 9.48. The van der Waals surface area contributed by atoms with Crippen LogP contribution in [0.5, 0.6) is 0 Å². The first-order valence-electron chi connectivity index (χ1n) is 9.47. The van der Waals surface area contributed by atoms with Crippen molar-refractivity contribution in [3.8, 4) is 0 Å².